The minimum Gasteiger partial charge on any atom is -0.450 e. The van der Waals surface area contributed by atoms with Crippen molar-refractivity contribution < 1.29 is 33.3 Å². The second-order valence-corrected chi connectivity index (χ2v) is 8.46. The first-order chi connectivity index (χ1) is 15.8. The Morgan fingerprint density at radius 1 is 1.09 bits per heavy atom. The van der Waals surface area contributed by atoms with Crippen molar-refractivity contribution in [2.24, 2.45) is 0 Å². The third-order valence-corrected chi connectivity index (χ3v) is 5.49. The molecule has 0 aliphatic carbocycles. The third-order valence-electron chi connectivity index (χ3n) is 5.49. The van der Waals surface area contributed by atoms with Crippen molar-refractivity contribution in [2.45, 2.75) is 51.7 Å². The minimum atomic E-state index is -0.843. The van der Waals surface area contributed by atoms with Gasteiger partial charge in [0, 0.05) is 32.6 Å². The molecule has 182 valence electrons. The quantitative estimate of drug-likeness (QED) is 0.660. The standard InChI is InChI=1S/C23H33N3O7/c1-4-30-22(29)26-12-10-25(11-13-26)20(27)19(14-18-16-32-23(2,3)33-18)24-21(28)31-15-17-8-6-5-7-9-17/h5-9,18-19H,4,10-16H2,1-3H3,(H,24,28). The predicted molar refractivity (Wildman–Crippen MR) is 118 cm³/mol. The van der Waals surface area contributed by atoms with Gasteiger partial charge < -0.3 is 34.1 Å². The fourth-order valence-electron chi connectivity index (χ4n) is 3.82. The molecule has 2 atom stereocenters. The number of benzene rings is 1. The van der Waals surface area contributed by atoms with Crippen LogP contribution in [0.4, 0.5) is 9.59 Å². The topological polar surface area (TPSA) is 107 Å². The van der Waals surface area contributed by atoms with Crippen molar-refractivity contribution >= 4 is 18.1 Å². The molecular weight excluding hydrogens is 430 g/mol. The molecule has 1 N–H and O–H groups in total. The number of nitrogens with one attached hydrogen (secondary N) is 1. The molecule has 0 aromatic heterocycles. The normalized spacial score (nSPS) is 20.8. The SMILES string of the molecule is CCOC(=O)N1CCN(C(=O)C(CC2COC(C)(C)O2)NC(=O)OCc2ccccc2)CC1. The first-order valence-electron chi connectivity index (χ1n) is 11.3. The van der Waals surface area contributed by atoms with Crippen molar-refractivity contribution in [3.05, 3.63) is 35.9 Å². The first-order valence-corrected chi connectivity index (χ1v) is 11.3. The van der Waals surface area contributed by atoms with Crippen LogP contribution < -0.4 is 5.32 Å². The summed E-state index contributed by atoms with van der Waals surface area (Å²) in [5.41, 5.74) is 0.847. The maximum Gasteiger partial charge on any atom is 0.409 e. The van der Waals surface area contributed by atoms with Crippen LogP contribution in [0.3, 0.4) is 0 Å². The van der Waals surface area contributed by atoms with Gasteiger partial charge in [0.2, 0.25) is 5.91 Å². The lowest BCUT2D eigenvalue weighted by Gasteiger charge is -2.36. The summed E-state index contributed by atoms with van der Waals surface area (Å²) in [5.74, 6) is -0.986. The fraction of sp³-hybridized carbons (Fsp3) is 0.609. The van der Waals surface area contributed by atoms with Crippen molar-refractivity contribution in [1.29, 1.82) is 0 Å². The summed E-state index contributed by atoms with van der Waals surface area (Å²) in [5, 5.41) is 2.70. The van der Waals surface area contributed by atoms with E-state index in [1.807, 2.05) is 30.3 Å². The molecule has 2 aliphatic rings. The Labute approximate surface area is 194 Å². The molecule has 2 aliphatic heterocycles. The lowest BCUT2D eigenvalue weighted by Crippen LogP contribution is -2.56. The van der Waals surface area contributed by atoms with Crippen LogP contribution in [0.25, 0.3) is 0 Å². The van der Waals surface area contributed by atoms with Gasteiger partial charge in [0.25, 0.3) is 0 Å². The first kappa shape index (κ1) is 24.8. The number of piperazine rings is 1. The molecule has 0 radical (unpaired) electrons. The molecule has 0 spiro atoms. The average Bonchev–Trinajstić information content (AvgIpc) is 3.16. The molecule has 2 unspecified atom stereocenters. The smallest absolute Gasteiger partial charge is 0.409 e. The number of rotatable bonds is 7. The van der Waals surface area contributed by atoms with Crippen LogP contribution in [0.5, 0.6) is 0 Å². The number of nitrogens with zero attached hydrogens (tertiary/aromatic N) is 2. The van der Waals surface area contributed by atoms with Gasteiger partial charge in [-0.25, -0.2) is 9.59 Å². The van der Waals surface area contributed by atoms with E-state index in [1.54, 1.807) is 30.6 Å². The predicted octanol–water partition coefficient (Wildman–Crippen LogP) is 2.12. The zero-order valence-electron chi connectivity index (χ0n) is 19.5. The van der Waals surface area contributed by atoms with E-state index in [0.717, 1.165) is 5.56 Å². The van der Waals surface area contributed by atoms with E-state index < -0.39 is 17.9 Å². The zero-order valence-corrected chi connectivity index (χ0v) is 19.5. The summed E-state index contributed by atoms with van der Waals surface area (Å²) in [4.78, 5) is 40.9. The van der Waals surface area contributed by atoms with E-state index in [4.69, 9.17) is 18.9 Å². The highest BCUT2D eigenvalue weighted by Crippen LogP contribution is 2.25. The molecule has 10 nitrogen and oxygen atoms in total. The highest BCUT2D eigenvalue weighted by molar-refractivity contribution is 5.86. The number of alkyl carbamates (subject to hydrolysis) is 1. The van der Waals surface area contributed by atoms with E-state index in [9.17, 15) is 14.4 Å². The Hall–Kier alpha value is -2.85. The van der Waals surface area contributed by atoms with Gasteiger partial charge in [0.15, 0.2) is 5.79 Å². The van der Waals surface area contributed by atoms with Crippen molar-refractivity contribution in [3.63, 3.8) is 0 Å². The third kappa shape index (κ3) is 7.33. The number of hydrogen-bond donors (Lipinski definition) is 1. The zero-order chi connectivity index (χ0) is 23.8. The molecule has 2 fully saturated rings. The summed E-state index contributed by atoms with van der Waals surface area (Å²) in [6.07, 6.45) is -1.16. The summed E-state index contributed by atoms with van der Waals surface area (Å²) in [6.45, 7) is 7.52. The van der Waals surface area contributed by atoms with Crippen molar-refractivity contribution in [1.82, 2.24) is 15.1 Å². The molecule has 0 bridgehead atoms. The van der Waals surface area contributed by atoms with Crippen LogP contribution in [-0.4, -0.2) is 85.2 Å². The molecule has 2 heterocycles. The van der Waals surface area contributed by atoms with Crippen LogP contribution in [-0.2, 0) is 30.3 Å². The second kappa shape index (κ2) is 11.3. The van der Waals surface area contributed by atoms with Crippen LogP contribution in [0, 0.1) is 0 Å². The Morgan fingerprint density at radius 2 is 1.76 bits per heavy atom. The lowest BCUT2D eigenvalue weighted by atomic mass is 10.1. The van der Waals surface area contributed by atoms with Gasteiger partial charge in [-0.15, -0.1) is 0 Å². The van der Waals surface area contributed by atoms with Gasteiger partial charge in [-0.3, -0.25) is 4.79 Å². The number of hydrogen-bond acceptors (Lipinski definition) is 7. The molecular formula is C23H33N3O7. The van der Waals surface area contributed by atoms with Gasteiger partial charge >= 0.3 is 12.2 Å². The Bertz CT molecular complexity index is 810. The maximum absolute atomic E-state index is 13.3. The number of amides is 3. The minimum absolute atomic E-state index is 0.0991. The van der Waals surface area contributed by atoms with Crippen LogP contribution in [0.15, 0.2) is 30.3 Å². The number of carbonyl (C=O) groups excluding carboxylic acids is 3. The average molecular weight is 464 g/mol. The largest absolute Gasteiger partial charge is 0.450 e. The highest BCUT2D eigenvalue weighted by Gasteiger charge is 2.38. The van der Waals surface area contributed by atoms with Gasteiger partial charge in [-0.2, -0.15) is 0 Å². The monoisotopic (exact) mass is 463 g/mol. The Morgan fingerprint density at radius 3 is 2.36 bits per heavy atom. The van der Waals surface area contributed by atoms with Crippen LogP contribution in [0.2, 0.25) is 0 Å². The molecule has 1 aromatic rings. The highest BCUT2D eigenvalue weighted by atomic mass is 16.7. The number of carbonyl (C=O) groups is 3. The molecule has 0 saturated carbocycles. The molecule has 3 rings (SSSR count). The van der Waals surface area contributed by atoms with Gasteiger partial charge in [0.1, 0.15) is 12.6 Å². The summed E-state index contributed by atoms with van der Waals surface area (Å²) >= 11 is 0. The Balaban J connectivity index is 1.59. The Kier molecular flexibility index (Phi) is 8.51. The maximum atomic E-state index is 13.3. The number of ether oxygens (including phenoxy) is 4. The molecule has 33 heavy (non-hydrogen) atoms. The van der Waals surface area contributed by atoms with E-state index in [2.05, 4.69) is 5.32 Å². The fourth-order valence-corrected chi connectivity index (χ4v) is 3.82. The van der Waals surface area contributed by atoms with Gasteiger partial charge in [-0.1, -0.05) is 30.3 Å². The van der Waals surface area contributed by atoms with Crippen molar-refractivity contribution in [3.8, 4) is 0 Å². The van der Waals surface area contributed by atoms with Gasteiger partial charge in [-0.05, 0) is 26.3 Å². The second-order valence-electron chi connectivity index (χ2n) is 8.46. The molecule has 1 aromatic carbocycles. The van der Waals surface area contributed by atoms with E-state index in [1.165, 1.54) is 0 Å². The molecule has 3 amide bonds. The van der Waals surface area contributed by atoms with E-state index >= 15 is 0 Å². The van der Waals surface area contributed by atoms with Gasteiger partial charge in [0.05, 0.1) is 19.3 Å². The van der Waals surface area contributed by atoms with E-state index in [-0.39, 0.29) is 31.1 Å². The van der Waals surface area contributed by atoms with E-state index in [0.29, 0.717) is 39.4 Å². The summed E-state index contributed by atoms with van der Waals surface area (Å²) in [6, 6.07) is 8.46. The summed E-state index contributed by atoms with van der Waals surface area (Å²) in [7, 11) is 0. The molecule has 10 heteroatoms. The van der Waals surface area contributed by atoms with Crippen LogP contribution >= 0.6 is 0 Å². The lowest BCUT2D eigenvalue weighted by molar-refractivity contribution is -0.144. The molecule has 2 saturated heterocycles. The van der Waals surface area contributed by atoms with Crippen molar-refractivity contribution in [2.75, 3.05) is 39.4 Å². The summed E-state index contributed by atoms with van der Waals surface area (Å²) < 4.78 is 21.8. The van der Waals surface area contributed by atoms with Crippen LogP contribution in [0.1, 0.15) is 32.8 Å².